The number of benzene rings is 2. The molecule has 0 aromatic heterocycles. The summed E-state index contributed by atoms with van der Waals surface area (Å²) in [5.74, 6) is -0.136. The monoisotopic (exact) mass is 228 g/mol. The molecule has 3 nitrogen and oxygen atoms in total. The lowest BCUT2D eigenvalue weighted by Gasteiger charge is -2.10. The summed E-state index contributed by atoms with van der Waals surface area (Å²) in [7, 11) is 0. The number of nitrogens with one attached hydrogen (secondary N) is 1. The van der Waals surface area contributed by atoms with Crippen molar-refractivity contribution in [2.45, 2.75) is 19.4 Å². The minimum atomic E-state index is -0.443. The van der Waals surface area contributed by atoms with Gasteiger partial charge in [0, 0.05) is 5.69 Å². The second kappa shape index (κ2) is 4.97. The zero-order valence-electron chi connectivity index (χ0n) is 9.81. The molecule has 2 aromatic rings. The number of amides is 1. The van der Waals surface area contributed by atoms with E-state index in [9.17, 15) is 4.79 Å². The molecule has 1 amide bonds. The first-order chi connectivity index (χ1) is 8.20. The number of hydrogen-bond acceptors (Lipinski definition) is 2. The average Bonchev–Trinajstić information content (AvgIpc) is 2.37. The van der Waals surface area contributed by atoms with Crippen molar-refractivity contribution in [1.29, 1.82) is 0 Å². The number of carbonyl (C=O) groups excluding carboxylic acids is 1. The van der Waals surface area contributed by atoms with Crippen LogP contribution < -0.4 is 11.1 Å². The summed E-state index contributed by atoms with van der Waals surface area (Å²) in [6.45, 7) is 1.89. The third kappa shape index (κ3) is 2.63. The molecule has 0 radical (unpaired) electrons. The normalized spacial score (nSPS) is 12.4. The van der Waals surface area contributed by atoms with Gasteiger partial charge in [0.05, 0.1) is 6.04 Å². The van der Waals surface area contributed by atoms with E-state index in [1.807, 2.05) is 49.4 Å². The Labute approximate surface area is 101 Å². The van der Waals surface area contributed by atoms with Crippen LogP contribution in [0, 0.1) is 0 Å². The minimum Gasteiger partial charge on any atom is -0.325 e. The van der Waals surface area contributed by atoms with Crippen LogP contribution in [0.25, 0.3) is 10.8 Å². The van der Waals surface area contributed by atoms with Crippen molar-refractivity contribution < 1.29 is 4.79 Å². The van der Waals surface area contributed by atoms with Gasteiger partial charge in [0.15, 0.2) is 0 Å². The van der Waals surface area contributed by atoms with Gasteiger partial charge in [0.25, 0.3) is 0 Å². The second-order valence-corrected chi connectivity index (χ2v) is 4.07. The fraction of sp³-hybridized carbons (Fsp3) is 0.214. The maximum Gasteiger partial charge on any atom is 0.241 e. The van der Waals surface area contributed by atoms with Gasteiger partial charge in [-0.3, -0.25) is 4.79 Å². The zero-order valence-corrected chi connectivity index (χ0v) is 9.81. The zero-order chi connectivity index (χ0) is 12.3. The largest absolute Gasteiger partial charge is 0.325 e. The second-order valence-electron chi connectivity index (χ2n) is 4.07. The molecule has 0 saturated carbocycles. The van der Waals surface area contributed by atoms with Gasteiger partial charge in [-0.15, -0.1) is 0 Å². The molecule has 0 aliphatic carbocycles. The van der Waals surface area contributed by atoms with Gasteiger partial charge >= 0.3 is 0 Å². The van der Waals surface area contributed by atoms with Crippen molar-refractivity contribution in [3.05, 3.63) is 42.5 Å². The molecular formula is C14H16N2O. The van der Waals surface area contributed by atoms with Crippen LogP contribution in [0.5, 0.6) is 0 Å². The quantitative estimate of drug-likeness (QED) is 0.848. The molecule has 0 aliphatic heterocycles. The Bertz CT molecular complexity index is 536. The van der Waals surface area contributed by atoms with Crippen molar-refractivity contribution in [2.75, 3.05) is 5.32 Å². The Morgan fingerprint density at radius 2 is 1.94 bits per heavy atom. The summed E-state index contributed by atoms with van der Waals surface area (Å²) < 4.78 is 0. The lowest BCUT2D eigenvalue weighted by Crippen LogP contribution is -2.34. The molecule has 3 N–H and O–H groups in total. The first kappa shape index (κ1) is 11.6. The predicted octanol–water partition coefficient (Wildman–Crippen LogP) is 2.52. The van der Waals surface area contributed by atoms with E-state index in [2.05, 4.69) is 5.32 Å². The molecule has 3 heteroatoms. The Hall–Kier alpha value is -1.87. The molecular weight excluding hydrogens is 212 g/mol. The number of fused-ring (bicyclic) bond motifs is 1. The highest BCUT2D eigenvalue weighted by molar-refractivity contribution is 5.97. The molecule has 0 heterocycles. The standard InChI is InChI=1S/C14H16N2O/c1-2-13(15)14(17)16-12-8-7-10-5-3-4-6-11(10)9-12/h3-9,13H,2,15H2,1H3,(H,16,17)/t13-/m1/s1. The molecule has 0 saturated heterocycles. The van der Waals surface area contributed by atoms with E-state index >= 15 is 0 Å². The number of nitrogens with two attached hydrogens (primary N) is 1. The Balaban J connectivity index is 2.22. The van der Waals surface area contributed by atoms with Gasteiger partial charge in [0.2, 0.25) is 5.91 Å². The lowest BCUT2D eigenvalue weighted by molar-refractivity contribution is -0.117. The van der Waals surface area contributed by atoms with Gasteiger partial charge in [0.1, 0.15) is 0 Å². The molecule has 0 bridgehead atoms. The summed E-state index contributed by atoms with van der Waals surface area (Å²) in [6.07, 6.45) is 0.638. The van der Waals surface area contributed by atoms with E-state index in [0.29, 0.717) is 6.42 Å². The fourth-order valence-electron chi connectivity index (χ4n) is 1.69. The number of rotatable bonds is 3. The van der Waals surface area contributed by atoms with Crippen LogP contribution in [0.3, 0.4) is 0 Å². The molecule has 1 atom stereocenters. The van der Waals surface area contributed by atoms with Crippen LogP contribution >= 0.6 is 0 Å². The molecule has 0 aliphatic rings. The molecule has 2 aromatic carbocycles. The highest BCUT2D eigenvalue weighted by Crippen LogP contribution is 2.18. The van der Waals surface area contributed by atoms with Gasteiger partial charge in [-0.2, -0.15) is 0 Å². The molecule has 88 valence electrons. The Kier molecular flexibility index (Phi) is 3.40. The summed E-state index contributed by atoms with van der Waals surface area (Å²) in [6, 6.07) is 13.4. The van der Waals surface area contributed by atoms with Crippen molar-refractivity contribution in [3.63, 3.8) is 0 Å². The minimum absolute atomic E-state index is 0.136. The van der Waals surface area contributed by atoms with Gasteiger partial charge < -0.3 is 11.1 Å². The fourth-order valence-corrected chi connectivity index (χ4v) is 1.69. The van der Waals surface area contributed by atoms with E-state index in [1.54, 1.807) is 0 Å². The maximum absolute atomic E-state index is 11.6. The van der Waals surface area contributed by atoms with E-state index in [1.165, 1.54) is 0 Å². The van der Waals surface area contributed by atoms with Crippen molar-refractivity contribution in [1.82, 2.24) is 0 Å². The number of carbonyl (C=O) groups is 1. The molecule has 0 spiro atoms. The van der Waals surface area contributed by atoms with Crippen molar-refractivity contribution >= 4 is 22.4 Å². The van der Waals surface area contributed by atoms with Crippen LogP contribution in [0.2, 0.25) is 0 Å². The molecule has 2 rings (SSSR count). The van der Waals surface area contributed by atoms with E-state index in [0.717, 1.165) is 16.5 Å². The van der Waals surface area contributed by atoms with Crippen LogP contribution in [0.15, 0.2) is 42.5 Å². The van der Waals surface area contributed by atoms with E-state index < -0.39 is 6.04 Å². The Morgan fingerprint density at radius 1 is 1.24 bits per heavy atom. The van der Waals surface area contributed by atoms with Gasteiger partial charge in [-0.1, -0.05) is 37.3 Å². The van der Waals surface area contributed by atoms with Crippen molar-refractivity contribution in [2.24, 2.45) is 5.73 Å². The lowest BCUT2D eigenvalue weighted by atomic mass is 10.1. The van der Waals surface area contributed by atoms with Gasteiger partial charge in [-0.25, -0.2) is 0 Å². The number of hydrogen-bond donors (Lipinski definition) is 2. The van der Waals surface area contributed by atoms with Crippen LogP contribution in [0.4, 0.5) is 5.69 Å². The summed E-state index contributed by atoms with van der Waals surface area (Å²) in [5.41, 5.74) is 6.45. The maximum atomic E-state index is 11.6. The molecule has 0 fully saturated rings. The number of anilines is 1. The summed E-state index contributed by atoms with van der Waals surface area (Å²) >= 11 is 0. The third-order valence-electron chi connectivity index (χ3n) is 2.79. The van der Waals surface area contributed by atoms with Crippen molar-refractivity contribution in [3.8, 4) is 0 Å². The predicted molar refractivity (Wildman–Crippen MR) is 70.8 cm³/mol. The topological polar surface area (TPSA) is 55.1 Å². The van der Waals surface area contributed by atoms with E-state index in [4.69, 9.17) is 5.73 Å². The van der Waals surface area contributed by atoms with Gasteiger partial charge in [-0.05, 0) is 29.3 Å². The Morgan fingerprint density at radius 3 is 2.65 bits per heavy atom. The van der Waals surface area contributed by atoms with E-state index in [-0.39, 0.29) is 5.91 Å². The van der Waals surface area contributed by atoms with Crippen LogP contribution in [-0.2, 0) is 4.79 Å². The summed E-state index contributed by atoms with van der Waals surface area (Å²) in [4.78, 5) is 11.6. The highest BCUT2D eigenvalue weighted by atomic mass is 16.2. The molecule has 17 heavy (non-hydrogen) atoms. The molecule has 0 unspecified atom stereocenters. The average molecular weight is 228 g/mol. The highest BCUT2D eigenvalue weighted by Gasteiger charge is 2.10. The van der Waals surface area contributed by atoms with Crippen LogP contribution in [0.1, 0.15) is 13.3 Å². The third-order valence-corrected chi connectivity index (χ3v) is 2.79. The first-order valence-electron chi connectivity index (χ1n) is 5.76. The summed E-state index contributed by atoms with van der Waals surface area (Å²) in [5, 5.41) is 5.09. The SMILES string of the molecule is CC[C@@H](N)C(=O)Nc1ccc2ccccc2c1. The van der Waals surface area contributed by atoms with Crippen LogP contribution in [-0.4, -0.2) is 11.9 Å². The first-order valence-corrected chi connectivity index (χ1v) is 5.76. The smallest absolute Gasteiger partial charge is 0.241 e.